The number of halogens is 1. The highest BCUT2D eigenvalue weighted by Gasteiger charge is 2.53. The number of hydrogen-bond acceptors (Lipinski definition) is 9. The second kappa shape index (κ2) is 12.8. The number of aromatic nitrogens is 2. The van der Waals surface area contributed by atoms with Crippen molar-refractivity contribution in [2.45, 2.75) is 75.8 Å². The molecule has 1 saturated carbocycles. The summed E-state index contributed by atoms with van der Waals surface area (Å²) in [6.07, 6.45) is 6.53. The van der Waals surface area contributed by atoms with E-state index < -0.39 is 0 Å². The molecule has 3 aromatic rings. The third-order valence-electron chi connectivity index (χ3n) is 11.0. The van der Waals surface area contributed by atoms with Crippen LogP contribution >= 0.6 is 11.6 Å². The number of amides is 1. The highest BCUT2D eigenvalue weighted by Crippen LogP contribution is 2.43. The predicted octanol–water partition coefficient (Wildman–Crippen LogP) is 4.82. The Morgan fingerprint density at radius 3 is 2.66 bits per heavy atom. The van der Waals surface area contributed by atoms with E-state index in [1.165, 1.54) is 12.8 Å². The minimum atomic E-state index is -0.345. The van der Waals surface area contributed by atoms with E-state index in [0.717, 1.165) is 77.3 Å². The zero-order chi connectivity index (χ0) is 32.1. The van der Waals surface area contributed by atoms with Gasteiger partial charge in [-0.1, -0.05) is 42.3 Å². The van der Waals surface area contributed by atoms with Crippen molar-refractivity contribution >= 4 is 39.8 Å². The minimum absolute atomic E-state index is 0.0422. The van der Waals surface area contributed by atoms with Crippen LogP contribution in [0, 0.1) is 17.2 Å². The largest absolute Gasteiger partial charge is 0.462 e. The molecule has 1 aromatic heterocycles. The summed E-state index contributed by atoms with van der Waals surface area (Å²) < 4.78 is 12.2. The van der Waals surface area contributed by atoms with Gasteiger partial charge >= 0.3 is 6.01 Å². The number of rotatable bonds is 8. The summed E-state index contributed by atoms with van der Waals surface area (Å²) >= 11 is 6.74. The molecule has 8 rings (SSSR count). The van der Waals surface area contributed by atoms with Gasteiger partial charge < -0.3 is 29.1 Å². The van der Waals surface area contributed by atoms with Crippen molar-refractivity contribution in [3.05, 3.63) is 52.7 Å². The summed E-state index contributed by atoms with van der Waals surface area (Å²) in [5.41, 5.74) is 3.16. The second-order valence-electron chi connectivity index (χ2n) is 13.8. The SMILES string of the molecule is CN1CCC[C@H]1COc1nc2c(c(N3CCN(C(=O)[C@H]4O[C@@H]4C4CCC4)[C@@H](CC#N)C3)n1)CCN(c1cccc3cccc(Cl)c13)C2. The smallest absolute Gasteiger partial charge is 0.318 e. The number of nitriles is 1. The number of carbonyl (C=O) groups is 1. The van der Waals surface area contributed by atoms with Crippen molar-refractivity contribution < 1.29 is 14.3 Å². The fourth-order valence-corrected chi connectivity index (χ4v) is 8.33. The molecule has 0 spiro atoms. The maximum absolute atomic E-state index is 13.6. The lowest BCUT2D eigenvalue weighted by atomic mass is 9.81. The molecule has 3 saturated heterocycles. The molecule has 246 valence electrons. The van der Waals surface area contributed by atoms with Gasteiger partial charge in [-0.25, -0.2) is 0 Å². The Hall–Kier alpha value is -3.65. The van der Waals surface area contributed by atoms with E-state index in [-0.39, 0.29) is 30.6 Å². The van der Waals surface area contributed by atoms with Crippen molar-refractivity contribution in [2.24, 2.45) is 5.92 Å². The van der Waals surface area contributed by atoms with Crippen molar-refractivity contribution in [1.82, 2.24) is 19.8 Å². The van der Waals surface area contributed by atoms with Crippen molar-refractivity contribution in [3.8, 4) is 12.1 Å². The molecule has 0 bridgehead atoms. The number of ether oxygens (including phenoxy) is 2. The number of carbonyl (C=O) groups excluding carboxylic acids is 1. The zero-order valence-electron chi connectivity index (χ0n) is 27.0. The molecule has 4 aliphatic heterocycles. The van der Waals surface area contributed by atoms with Gasteiger partial charge in [0, 0.05) is 48.9 Å². The number of benzene rings is 2. The van der Waals surface area contributed by atoms with Gasteiger partial charge in [-0.15, -0.1) is 0 Å². The molecule has 1 amide bonds. The summed E-state index contributed by atoms with van der Waals surface area (Å²) in [5.74, 6) is 1.42. The lowest BCUT2D eigenvalue weighted by Gasteiger charge is -2.42. The normalized spacial score (nSPS) is 26.2. The fraction of sp³-hybridized carbons (Fsp3) is 0.556. The van der Waals surface area contributed by atoms with E-state index in [0.29, 0.717) is 50.8 Å². The molecule has 4 atom stereocenters. The lowest BCUT2D eigenvalue weighted by molar-refractivity contribution is -0.135. The summed E-state index contributed by atoms with van der Waals surface area (Å²) in [6, 6.07) is 15.2. The molecule has 11 heteroatoms. The molecule has 10 nitrogen and oxygen atoms in total. The Bertz CT molecular complexity index is 1700. The zero-order valence-corrected chi connectivity index (χ0v) is 27.7. The summed E-state index contributed by atoms with van der Waals surface area (Å²) in [7, 11) is 2.14. The average molecular weight is 656 g/mol. The first-order chi connectivity index (χ1) is 23.0. The summed E-state index contributed by atoms with van der Waals surface area (Å²) in [4.78, 5) is 32.5. The predicted molar refractivity (Wildman–Crippen MR) is 181 cm³/mol. The van der Waals surface area contributed by atoms with Gasteiger partial charge in [0.05, 0.1) is 41.9 Å². The number of anilines is 2. The molecule has 5 heterocycles. The van der Waals surface area contributed by atoms with Gasteiger partial charge in [0.25, 0.3) is 5.91 Å². The number of nitrogens with zero attached hydrogens (tertiary/aromatic N) is 7. The van der Waals surface area contributed by atoms with Crippen LogP contribution in [0.4, 0.5) is 11.5 Å². The Labute approximate surface area is 281 Å². The summed E-state index contributed by atoms with van der Waals surface area (Å²) in [6.45, 7) is 4.72. The molecule has 5 aliphatic rings. The van der Waals surface area contributed by atoms with Crippen LogP contribution in [-0.2, 0) is 22.5 Å². The first-order valence-electron chi connectivity index (χ1n) is 17.2. The molecule has 0 N–H and O–H groups in total. The third kappa shape index (κ3) is 5.87. The minimum Gasteiger partial charge on any atom is -0.462 e. The van der Waals surface area contributed by atoms with Crippen LogP contribution < -0.4 is 14.5 Å². The van der Waals surface area contributed by atoms with Crippen LogP contribution in [0.2, 0.25) is 5.02 Å². The van der Waals surface area contributed by atoms with Gasteiger partial charge in [0.15, 0.2) is 6.10 Å². The van der Waals surface area contributed by atoms with Crippen LogP contribution in [0.3, 0.4) is 0 Å². The van der Waals surface area contributed by atoms with E-state index in [9.17, 15) is 10.1 Å². The number of likely N-dealkylation sites (tertiary alicyclic amines) is 1. The molecular weight excluding hydrogens is 614 g/mol. The third-order valence-corrected chi connectivity index (χ3v) is 11.4. The second-order valence-corrected chi connectivity index (χ2v) is 14.2. The number of fused-ring (bicyclic) bond motifs is 2. The Balaban J connectivity index is 1.08. The Morgan fingerprint density at radius 2 is 1.89 bits per heavy atom. The van der Waals surface area contributed by atoms with Crippen LogP contribution in [0.1, 0.15) is 49.8 Å². The van der Waals surface area contributed by atoms with Crippen LogP contribution in [0.15, 0.2) is 36.4 Å². The molecule has 47 heavy (non-hydrogen) atoms. The van der Waals surface area contributed by atoms with Crippen molar-refractivity contribution in [2.75, 3.05) is 56.2 Å². The molecule has 0 unspecified atom stereocenters. The number of likely N-dealkylation sites (N-methyl/N-ethyl adjacent to an activating group) is 1. The summed E-state index contributed by atoms with van der Waals surface area (Å²) in [5, 5.41) is 12.7. The van der Waals surface area contributed by atoms with Gasteiger partial charge in [-0.3, -0.25) is 4.79 Å². The topological polar surface area (TPSA) is 101 Å². The van der Waals surface area contributed by atoms with Gasteiger partial charge in [-0.05, 0) is 69.1 Å². The molecule has 1 aliphatic carbocycles. The van der Waals surface area contributed by atoms with Crippen LogP contribution in [0.25, 0.3) is 10.8 Å². The van der Waals surface area contributed by atoms with Crippen LogP contribution in [-0.4, -0.2) is 96.3 Å². The van der Waals surface area contributed by atoms with E-state index in [4.69, 9.17) is 31.0 Å². The number of epoxide rings is 1. The molecule has 2 aromatic carbocycles. The lowest BCUT2D eigenvalue weighted by Crippen LogP contribution is -2.57. The van der Waals surface area contributed by atoms with Crippen molar-refractivity contribution in [3.63, 3.8) is 0 Å². The maximum Gasteiger partial charge on any atom is 0.318 e. The van der Waals surface area contributed by atoms with Crippen LogP contribution in [0.5, 0.6) is 6.01 Å². The quantitative estimate of drug-likeness (QED) is 0.316. The standard InChI is InChI=1S/C36H42ClN7O3/c1-41-16-5-10-26(41)22-46-36-39-29-21-42(30-12-4-7-23-6-3-11-28(37)31(23)30)17-14-27(29)34(40-36)43-18-19-44(25(20-43)13-15-38)35(45)33-32(47-33)24-8-2-9-24/h3-4,6-7,11-12,24-26,32-33H,2,5,8-10,13-14,16-22H2,1H3/t25-,26-,32+,33-/m0/s1. The highest BCUT2D eigenvalue weighted by atomic mass is 35.5. The van der Waals surface area contributed by atoms with E-state index in [1.807, 2.05) is 17.0 Å². The first-order valence-corrected chi connectivity index (χ1v) is 17.6. The number of hydrogen-bond donors (Lipinski definition) is 0. The van der Waals surface area contributed by atoms with Gasteiger partial charge in [0.2, 0.25) is 0 Å². The van der Waals surface area contributed by atoms with E-state index in [1.54, 1.807) is 0 Å². The average Bonchev–Trinajstić information content (AvgIpc) is 3.72. The highest BCUT2D eigenvalue weighted by molar-refractivity contribution is 6.36. The Kier molecular flexibility index (Phi) is 8.32. The van der Waals surface area contributed by atoms with Gasteiger partial charge in [0.1, 0.15) is 12.4 Å². The maximum atomic E-state index is 13.6. The van der Waals surface area contributed by atoms with Crippen molar-refractivity contribution in [1.29, 1.82) is 5.26 Å². The first kappa shape index (κ1) is 30.7. The molecule has 4 fully saturated rings. The van der Waals surface area contributed by atoms with E-state index in [2.05, 4.69) is 52.1 Å². The number of piperazine rings is 1. The monoisotopic (exact) mass is 655 g/mol. The van der Waals surface area contributed by atoms with Gasteiger partial charge in [-0.2, -0.15) is 15.2 Å². The molecular formula is C36H42ClN7O3. The fourth-order valence-electron chi connectivity index (χ4n) is 8.05. The van der Waals surface area contributed by atoms with E-state index >= 15 is 0 Å². The Morgan fingerprint density at radius 1 is 1.04 bits per heavy atom. The molecule has 0 radical (unpaired) electrons.